The highest BCUT2D eigenvalue weighted by Crippen LogP contribution is 2.37. The van der Waals surface area contributed by atoms with E-state index in [0.717, 1.165) is 23.7 Å². The highest BCUT2D eigenvalue weighted by atomic mass is 14.9. The quantitative estimate of drug-likeness (QED) is 0.412. The van der Waals surface area contributed by atoms with Crippen molar-refractivity contribution in [2.45, 2.75) is 96.8 Å². The van der Waals surface area contributed by atoms with E-state index in [0.29, 0.717) is 5.92 Å². The molecule has 2 aromatic rings. The van der Waals surface area contributed by atoms with E-state index in [4.69, 9.17) is 4.98 Å². The minimum atomic E-state index is 0.637. The Bertz CT molecular complexity index is 670. The minimum Gasteiger partial charge on any atom is -0.260 e. The molecule has 0 atom stereocenters. The van der Waals surface area contributed by atoms with Gasteiger partial charge in [-0.25, -0.2) is 9.97 Å². The molecule has 1 saturated carbocycles. The second-order valence-electron chi connectivity index (χ2n) is 8.56. The van der Waals surface area contributed by atoms with Crippen molar-refractivity contribution in [1.29, 1.82) is 0 Å². The van der Waals surface area contributed by atoms with Crippen molar-refractivity contribution in [2.75, 3.05) is 0 Å². The van der Waals surface area contributed by atoms with E-state index in [1.54, 1.807) is 0 Å². The highest BCUT2D eigenvalue weighted by molar-refractivity contribution is 5.53. The van der Waals surface area contributed by atoms with Gasteiger partial charge in [-0.2, -0.15) is 0 Å². The van der Waals surface area contributed by atoms with Gasteiger partial charge in [-0.15, -0.1) is 0 Å². The SMILES string of the molecule is CCCCCCc1cnc(-c2ccc(C3CCC(CCCC)CC3)nc2)nc1. The smallest absolute Gasteiger partial charge is 0.160 e. The van der Waals surface area contributed by atoms with E-state index < -0.39 is 0 Å². The van der Waals surface area contributed by atoms with Gasteiger partial charge in [-0.3, -0.25) is 4.98 Å². The second-order valence-corrected chi connectivity index (χ2v) is 8.56. The first-order chi connectivity index (χ1) is 13.8. The number of hydrogen-bond acceptors (Lipinski definition) is 3. The Morgan fingerprint density at radius 1 is 0.786 bits per heavy atom. The van der Waals surface area contributed by atoms with Gasteiger partial charge in [0.1, 0.15) is 0 Å². The summed E-state index contributed by atoms with van der Waals surface area (Å²) in [7, 11) is 0. The zero-order chi connectivity index (χ0) is 19.6. The van der Waals surface area contributed by atoms with Gasteiger partial charge in [0, 0.05) is 35.8 Å². The van der Waals surface area contributed by atoms with Crippen LogP contribution < -0.4 is 0 Å². The zero-order valence-electron chi connectivity index (χ0n) is 17.9. The normalized spacial score (nSPS) is 19.6. The molecule has 152 valence electrons. The molecule has 28 heavy (non-hydrogen) atoms. The fourth-order valence-electron chi connectivity index (χ4n) is 4.41. The van der Waals surface area contributed by atoms with Gasteiger partial charge in [0.2, 0.25) is 0 Å². The van der Waals surface area contributed by atoms with Crippen molar-refractivity contribution in [1.82, 2.24) is 15.0 Å². The molecule has 1 aliphatic carbocycles. The summed E-state index contributed by atoms with van der Waals surface area (Å²) in [5.41, 5.74) is 3.52. The summed E-state index contributed by atoms with van der Waals surface area (Å²) in [6, 6.07) is 4.36. The molecule has 0 aromatic carbocycles. The predicted molar refractivity (Wildman–Crippen MR) is 117 cm³/mol. The van der Waals surface area contributed by atoms with E-state index in [2.05, 4.69) is 35.9 Å². The van der Waals surface area contributed by atoms with E-state index in [-0.39, 0.29) is 0 Å². The van der Waals surface area contributed by atoms with Gasteiger partial charge in [0.25, 0.3) is 0 Å². The van der Waals surface area contributed by atoms with Crippen LogP contribution in [-0.4, -0.2) is 15.0 Å². The van der Waals surface area contributed by atoms with Crippen molar-refractivity contribution in [3.8, 4) is 11.4 Å². The maximum absolute atomic E-state index is 4.78. The van der Waals surface area contributed by atoms with Gasteiger partial charge in [-0.1, -0.05) is 52.4 Å². The Labute approximate surface area is 171 Å². The lowest BCUT2D eigenvalue weighted by molar-refractivity contribution is 0.301. The molecule has 0 aliphatic heterocycles. The molecular weight excluding hydrogens is 342 g/mol. The van der Waals surface area contributed by atoms with Gasteiger partial charge >= 0.3 is 0 Å². The van der Waals surface area contributed by atoms with Crippen LogP contribution >= 0.6 is 0 Å². The number of unbranched alkanes of at least 4 members (excludes halogenated alkanes) is 4. The summed E-state index contributed by atoms with van der Waals surface area (Å²) in [5.74, 6) is 2.38. The largest absolute Gasteiger partial charge is 0.260 e. The number of hydrogen-bond donors (Lipinski definition) is 0. The predicted octanol–water partition coefficient (Wildman–Crippen LogP) is 7.13. The molecule has 0 bridgehead atoms. The Hall–Kier alpha value is -1.77. The molecule has 0 amide bonds. The van der Waals surface area contributed by atoms with Gasteiger partial charge < -0.3 is 0 Å². The highest BCUT2D eigenvalue weighted by Gasteiger charge is 2.22. The standard InChI is InChI=1S/C25H37N3/c1-3-5-7-8-10-21-17-27-25(28-18-21)23-15-16-24(26-19-23)22-13-11-20(12-14-22)9-6-4-2/h15-20,22H,3-14H2,1-2H3. The Balaban J connectivity index is 1.51. The first-order valence-corrected chi connectivity index (χ1v) is 11.6. The number of rotatable bonds is 10. The van der Waals surface area contributed by atoms with E-state index in [1.165, 1.54) is 81.9 Å². The molecule has 0 spiro atoms. The third-order valence-electron chi connectivity index (χ3n) is 6.30. The van der Waals surface area contributed by atoms with E-state index in [9.17, 15) is 0 Å². The first kappa shape index (κ1) is 21.0. The summed E-state index contributed by atoms with van der Waals surface area (Å²) in [6.45, 7) is 4.54. The summed E-state index contributed by atoms with van der Waals surface area (Å²) in [6.07, 6.45) is 21.6. The van der Waals surface area contributed by atoms with Crippen molar-refractivity contribution in [2.24, 2.45) is 5.92 Å². The molecule has 2 heterocycles. The van der Waals surface area contributed by atoms with Crippen LogP contribution in [0.25, 0.3) is 11.4 Å². The van der Waals surface area contributed by atoms with Gasteiger partial charge in [0.05, 0.1) is 0 Å². The van der Waals surface area contributed by atoms with Crippen molar-refractivity contribution < 1.29 is 0 Å². The third-order valence-corrected chi connectivity index (χ3v) is 6.30. The van der Waals surface area contributed by atoms with Crippen molar-refractivity contribution >= 4 is 0 Å². The number of aryl methyl sites for hydroxylation is 1. The fourth-order valence-corrected chi connectivity index (χ4v) is 4.41. The molecule has 0 unspecified atom stereocenters. The van der Waals surface area contributed by atoms with Crippen molar-refractivity contribution in [3.05, 3.63) is 42.0 Å². The van der Waals surface area contributed by atoms with Gasteiger partial charge in [0.15, 0.2) is 5.82 Å². The van der Waals surface area contributed by atoms with Crippen LogP contribution in [0.5, 0.6) is 0 Å². The number of nitrogens with zero attached hydrogens (tertiary/aromatic N) is 3. The van der Waals surface area contributed by atoms with Crippen LogP contribution in [0.1, 0.15) is 102 Å². The molecule has 3 rings (SSSR count). The Morgan fingerprint density at radius 2 is 1.54 bits per heavy atom. The number of pyridine rings is 1. The molecule has 1 fully saturated rings. The lowest BCUT2D eigenvalue weighted by Gasteiger charge is -2.28. The maximum Gasteiger partial charge on any atom is 0.160 e. The molecule has 3 heteroatoms. The van der Waals surface area contributed by atoms with Gasteiger partial charge in [-0.05, 0) is 62.1 Å². The molecule has 2 aromatic heterocycles. The van der Waals surface area contributed by atoms with E-state index >= 15 is 0 Å². The second kappa shape index (κ2) is 11.3. The lowest BCUT2D eigenvalue weighted by atomic mass is 9.78. The summed E-state index contributed by atoms with van der Waals surface area (Å²) in [5, 5.41) is 0. The van der Waals surface area contributed by atoms with Crippen LogP contribution in [0, 0.1) is 5.92 Å². The molecule has 0 N–H and O–H groups in total. The maximum atomic E-state index is 4.78. The monoisotopic (exact) mass is 379 g/mol. The molecular formula is C25H37N3. The average molecular weight is 380 g/mol. The molecule has 0 saturated heterocycles. The number of aromatic nitrogens is 3. The minimum absolute atomic E-state index is 0.637. The molecule has 0 radical (unpaired) electrons. The van der Waals surface area contributed by atoms with Crippen LogP contribution in [-0.2, 0) is 6.42 Å². The van der Waals surface area contributed by atoms with Crippen LogP contribution in [0.3, 0.4) is 0 Å². The van der Waals surface area contributed by atoms with Crippen LogP contribution in [0.4, 0.5) is 0 Å². The fraction of sp³-hybridized carbons (Fsp3) is 0.640. The van der Waals surface area contributed by atoms with Crippen LogP contribution in [0.15, 0.2) is 30.7 Å². The summed E-state index contributed by atoms with van der Waals surface area (Å²) >= 11 is 0. The molecule has 1 aliphatic rings. The van der Waals surface area contributed by atoms with E-state index in [1.807, 2.05) is 18.6 Å². The van der Waals surface area contributed by atoms with Crippen molar-refractivity contribution in [3.63, 3.8) is 0 Å². The summed E-state index contributed by atoms with van der Waals surface area (Å²) in [4.78, 5) is 13.9. The van der Waals surface area contributed by atoms with Crippen LogP contribution in [0.2, 0.25) is 0 Å². The molecule has 3 nitrogen and oxygen atoms in total. The average Bonchev–Trinajstić information content (AvgIpc) is 2.76. The first-order valence-electron chi connectivity index (χ1n) is 11.6. The topological polar surface area (TPSA) is 38.7 Å². The zero-order valence-corrected chi connectivity index (χ0v) is 17.9. The Morgan fingerprint density at radius 3 is 2.18 bits per heavy atom. The summed E-state index contributed by atoms with van der Waals surface area (Å²) < 4.78 is 0. The Kier molecular flexibility index (Phi) is 8.44. The lowest BCUT2D eigenvalue weighted by Crippen LogP contribution is -2.14. The third kappa shape index (κ3) is 6.12.